The standard InChI is InChI=1S/C32H41N3O8S/c1-21(2)18-28(27(31(37)35-39)15-11-22-8-12-24-6-4-5-7-25(24)19-22)30(36)34-29(32(38)33-3)20-23-9-13-26(14-10-23)43-16-17-44(40,41)42/h4-10,12-14,19,21,27-29,39H,11,15-18,20H2,1-3H3,(H,33,38)(H,34,36)(H,35,37)(H,40,41,42). The Balaban J connectivity index is 1.76. The minimum atomic E-state index is -4.15. The second-order valence-corrected chi connectivity index (χ2v) is 12.8. The van der Waals surface area contributed by atoms with Crippen LogP contribution in [-0.2, 0) is 37.3 Å². The third-order valence-electron chi connectivity index (χ3n) is 7.41. The first-order valence-electron chi connectivity index (χ1n) is 14.5. The van der Waals surface area contributed by atoms with E-state index < -0.39 is 51.5 Å². The number of fused-ring (bicyclic) bond motifs is 1. The molecule has 238 valence electrons. The van der Waals surface area contributed by atoms with E-state index in [9.17, 15) is 28.0 Å². The molecule has 3 atom stereocenters. The lowest BCUT2D eigenvalue weighted by Crippen LogP contribution is -2.51. The van der Waals surface area contributed by atoms with E-state index in [1.54, 1.807) is 29.7 Å². The first-order chi connectivity index (χ1) is 20.9. The van der Waals surface area contributed by atoms with Crippen LogP contribution in [0.2, 0.25) is 0 Å². The van der Waals surface area contributed by atoms with E-state index in [0.29, 0.717) is 30.6 Å². The summed E-state index contributed by atoms with van der Waals surface area (Å²) in [4.78, 5) is 39.5. The Hall–Kier alpha value is -4.00. The second-order valence-electron chi connectivity index (χ2n) is 11.2. The number of rotatable bonds is 16. The van der Waals surface area contributed by atoms with Crippen LogP contribution in [0.25, 0.3) is 10.8 Å². The lowest BCUT2D eigenvalue weighted by atomic mass is 9.80. The Morgan fingerprint density at radius 1 is 0.864 bits per heavy atom. The van der Waals surface area contributed by atoms with E-state index in [0.717, 1.165) is 16.3 Å². The normalized spacial score (nSPS) is 13.6. The van der Waals surface area contributed by atoms with Gasteiger partial charge in [-0.25, -0.2) is 5.48 Å². The van der Waals surface area contributed by atoms with Crippen molar-refractivity contribution in [3.8, 4) is 5.75 Å². The van der Waals surface area contributed by atoms with Crippen LogP contribution in [0, 0.1) is 17.8 Å². The SMILES string of the molecule is CNC(=O)C(Cc1ccc(OCCS(=O)(=O)O)cc1)NC(=O)C(CC(C)C)C(CCc1ccc2ccccc2c1)C(=O)NO. The van der Waals surface area contributed by atoms with Crippen LogP contribution >= 0.6 is 0 Å². The average Bonchev–Trinajstić information content (AvgIpc) is 2.99. The molecule has 3 aromatic carbocycles. The van der Waals surface area contributed by atoms with Crippen LogP contribution in [0.4, 0.5) is 0 Å². The van der Waals surface area contributed by atoms with Crippen LogP contribution < -0.4 is 20.9 Å². The monoisotopic (exact) mass is 627 g/mol. The van der Waals surface area contributed by atoms with Gasteiger partial charge in [-0.05, 0) is 59.2 Å². The van der Waals surface area contributed by atoms with Gasteiger partial charge in [-0.2, -0.15) is 8.42 Å². The Bertz CT molecular complexity index is 1530. The highest BCUT2D eigenvalue weighted by atomic mass is 32.2. The van der Waals surface area contributed by atoms with Gasteiger partial charge in [-0.1, -0.05) is 68.4 Å². The van der Waals surface area contributed by atoms with Crippen molar-refractivity contribution in [1.82, 2.24) is 16.1 Å². The number of likely N-dealkylation sites (N-methyl/N-ethyl adjacent to an activating group) is 1. The van der Waals surface area contributed by atoms with Crippen LogP contribution in [0.15, 0.2) is 66.7 Å². The third kappa shape index (κ3) is 10.6. The molecule has 0 bridgehead atoms. The molecule has 0 aliphatic carbocycles. The van der Waals surface area contributed by atoms with Gasteiger partial charge in [0.15, 0.2) is 0 Å². The Morgan fingerprint density at radius 3 is 2.14 bits per heavy atom. The van der Waals surface area contributed by atoms with Crippen LogP contribution in [0.1, 0.15) is 37.8 Å². The molecule has 0 aromatic heterocycles. The number of benzene rings is 3. The zero-order chi connectivity index (χ0) is 32.3. The van der Waals surface area contributed by atoms with Gasteiger partial charge < -0.3 is 15.4 Å². The highest BCUT2D eigenvalue weighted by molar-refractivity contribution is 7.85. The second kappa shape index (κ2) is 16.2. The number of nitrogens with one attached hydrogen (secondary N) is 3. The molecule has 0 saturated carbocycles. The Kier molecular flexibility index (Phi) is 12.7. The lowest BCUT2D eigenvalue weighted by molar-refractivity contribution is -0.142. The van der Waals surface area contributed by atoms with Crippen molar-refractivity contribution in [2.45, 2.75) is 45.6 Å². The largest absolute Gasteiger partial charge is 0.492 e. The van der Waals surface area contributed by atoms with Crippen molar-refractivity contribution in [3.05, 3.63) is 77.9 Å². The van der Waals surface area contributed by atoms with Gasteiger partial charge >= 0.3 is 0 Å². The molecular weight excluding hydrogens is 586 g/mol. The highest BCUT2D eigenvalue weighted by Gasteiger charge is 2.35. The van der Waals surface area contributed by atoms with Crippen LogP contribution in [-0.4, -0.2) is 61.3 Å². The molecule has 3 amide bonds. The maximum Gasteiger partial charge on any atom is 0.268 e. The van der Waals surface area contributed by atoms with Crippen molar-refractivity contribution < 1.29 is 37.3 Å². The number of hydrogen-bond donors (Lipinski definition) is 5. The summed E-state index contributed by atoms with van der Waals surface area (Å²) in [6, 6.07) is 19.6. The summed E-state index contributed by atoms with van der Waals surface area (Å²) >= 11 is 0. The first kappa shape index (κ1) is 34.5. The summed E-state index contributed by atoms with van der Waals surface area (Å²) in [5, 5.41) is 17.1. The number of aryl methyl sites for hydroxylation is 1. The summed E-state index contributed by atoms with van der Waals surface area (Å²) in [6.07, 6.45) is 1.30. The van der Waals surface area contributed by atoms with Crippen LogP contribution in [0.5, 0.6) is 5.75 Å². The van der Waals surface area contributed by atoms with E-state index in [1.807, 2.05) is 56.3 Å². The van der Waals surface area contributed by atoms with Gasteiger partial charge in [0.05, 0.1) is 5.92 Å². The highest BCUT2D eigenvalue weighted by Crippen LogP contribution is 2.27. The zero-order valence-corrected chi connectivity index (χ0v) is 26.0. The zero-order valence-electron chi connectivity index (χ0n) is 25.2. The van der Waals surface area contributed by atoms with Crippen molar-refractivity contribution in [2.24, 2.45) is 17.8 Å². The lowest BCUT2D eigenvalue weighted by Gasteiger charge is -2.28. The Labute approximate surface area is 258 Å². The summed E-state index contributed by atoms with van der Waals surface area (Å²) in [5.41, 5.74) is 3.43. The molecule has 3 aromatic rings. The molecule has 0 radical (unpaired) electrons. The number of ether oxygens (including phenoxy) is 1. The summed E-state index contributed by atoms with van der Waals surface area (Å²) in [5.74, 6) is -3.33. The predicted octanol–water partition coefficient (Wildman–Crippen LogP) is 3.30. The average molecular weight is 628 g/mol. The minimum absolute atomic E-state index is 0.0484. The van der Waals surface area contributed by atoms with Crippen molar-refractivity contribution >= 4 is 38.6 Å². The molecule has 11 nitrogen and oxygen atoms in total. The fourth-order valence-electron chi connectivity index (χ4n) is 5.16. The fourth-order valence-corrected chi connectivity index (χ4v) is 5.45. The number of carbonyl (C=O) groups is 3. The molecule has 5 N–H and O–H groups in total. The van der Waals surface area contributed by atoms with Crippen LogP contribution in [0.3, 0.4) is 0 Å². The van der Waals surface area contributed by atoms with E-state index in [2.05, 4.69) is 10.6 Å². The topological polar surface area (TPSA) is 171 Å². The van der Waals surface area contributed by atoms with E-state index in [-0.39, 0.29) is 18.9 Å². The number of amides is 3. The first-order valence-corrected chi connectivity index (χ1v) is 16.1. The fraction of sp³-hybridized carbons (Fsp3) is 0.406. The van der Waals surface area contributed by atoms with Gasteiger partial charge in [0, 0.05) is 19.4 Å². The molecule has 0 heterocycles. The Morgan fingerprint density at radius 2 is 1.52 bits per heavy atom. The predicted molar refractivity (Wildman–Crippen MR) is 167 cm³/mol. The molecule has 0 aliphatic rings. The van der Waals surface area contributed by atoms with Gasteiger partial charge in [0.1, 0.15) is 24.2 Å². The molecule has 0 saturated heterocycles. The minimum Gasteiger partial charge on any atom is -0.492 e. The molecule has 0 spiro atoms. The molecule has 0 aliphatic heterocycles. The smallest absolute Gasteiger partial charge is 0.268 e. The number of carbonyl (C=O) groups excluding carboxylic acids is 3. The van der Waals surface area contributed by atoms with Crippen molar-refractivity contribution in [3.63, 3.8) is 0 Å². The molecule has 44 heavy (non-hydrogen) atoms. The maximum atomic E-state index is 13.8. The van der Waals surface area contributed by atoms with E-state index in [4.69, 9.17) is 9.29 Å². The molecular formula is C32H41N3O8S. The maximum absolute atomic E-state index is 13.8. The molecule has 12 heteroatoms. The third-order valence-corrected chi connectivity index (χ3v) is 8.09. The quantitative estimate of drug-likeness (QED) is 0.0915. The summed E-state index contributed by atoms with van der Waals surface area (Å²) < 4.78 is 36.0. The van der Waals surface area contributed by atoms with Crippen molar-refractivity contribution in [1.29, 1.82) is 0 Å². The van der Waals surface area contributed by atoms with Gasteiger partial charge in [0.25, 0.3) is 10.1 Å². The van der Waals surface area contributed by atoms with E-state index in [1.165, 1.54) is 7.05 Å². The van der Waals surface area contributed by atoms with Gasteiger partial charge in [-0.3, -0.25) is 24.1 Å². The van der Waals surface area contributed by atoms with Gasteiger partial charge in [0.2, 0.25) is 17.7 Å². The number of hydrogen-bond acceptors (Lipinski definition) is 7. The molecule has 3 rings (SSSR count). The summed E-state index contributed by atoms with van der Waals surface area (Å²) in [7, 11) is -2.68. The van der Waals surface area contributed by atoms with E-state index >= 15 is 0 Å². The summed E-state index contributed by atoms with van der Waals surface area (Å²) in [6.45, 7) is 3.65. The molecule has 0 fully saturated rings. The van der Waals surface area contributed by atoms with Gasteiger partial charge in [-0.15, -0.1) is 0 Å². The number of hydroxylamine groups is 1. The molecule has 3 unspecified atom stereocenters. The van der Waals surface area contributed by atoms with Crippen molar-refractivity contribution in [2.75, 3.05) is 19.4 Å².